The van der Waals surface area contributed by atoms with E-state index in [2.05, 4.69) is 9.72 Å². The van der Waals surface area contributed by atoms with Crippen molar-refractivity contribution in [3.05, 3.63) is 33.6 Å². The number of rotatable bonds is 2. The van der Waals surface area contributed by atoms with Crippen molar-refractivity contribution >= 4 is 16.9 Å². The van der Waals surface area contributed by atoms with Crippen LogP contribution < -0.4 is 10.3 Å². The minimum atomic E-state index is -0.889. The third-order valence-corrected chi connectivity index (χ3v) is 2.91. The number of nitrogens with one attached hydrogen (secondary N) is 1. The van der Waals surface area contributed by atoms with E-state index in [4.69, 9.17) is 4.74 Å². The third kappa shape index (κ3) is 1.91. The molecule has 2 aromatic rings. The molecule has 0 unspecified atom stereocenters. The Morgan fingerprint density at radius 1 is 1.32 bits per heavy atom. The molecular weight excluding hydrogens is 250 g/mol. The molecule has 6 nitrogen and oxygen atoms in total. The Morgan fingerprint density at radius 3 is 2.58 bits per heavy atom. The summed E-state index contributed by atoms with van der Waals surface area (Å²) in [6.45, 7) is 1.81. The van der Waals surface area contributed by atoms with Crippen molar-refractivity contribution in [2.75, 3.05) is 14.2 Å². The van der Waals surface area contributed by atoms with Crippen LogP contribution in [0.2, 0.25) is 0 Å². The summed E-state index contributed by atoms with van der Waals surface area (Å²) < 4.78 is 9.67. The first-order chi connectivity index (χ1) is 9.01. The number of pyridine rings is 1. The van der Waals surface area contributed by atoms with E-state index in [0.29, 0.717) is 16.7 Å². The molecule has 0 aliphatic rings. The molecule has 6 heteroatoms. The Bertz CT molecular complexity index is 717. The predicted molar refractivity (Wildman–Crippen MR) is 68.9 cm³/mol. The molecular formula is C13H13NO5. The highest BCUT2D eigenvalue weighted by Gasteiger charge is 2.21. The first kappa shape index (κ1) is 12.9. The molecule has 0 spiro atoms. The van der Waals surface area contributed by atoms with Gasteiger partial charge in [-0.05, 0) is 18.6 Å². The molecule has 100 valence electrons. The van der Waals surface area contributed by atoms with Gasteiger partial charge in [-0.25, -0.2) is 4.79 Å². The summed E-state index contributed by atoms with van der Waals surface area (Å²) in [6.07, 6.45) is 0. The lowest BCUT2D eigenvalue weighted by Crippen LogP contribution is -2.19. The number of carbonyl (C=O) groups excluding carboxylic acids is 1. The van der Waals surface area contributed by atoms with Crippen LogP contribution >= 0.6 is 0 Å². The lowest BCUT2D eigenvalue weighted by Gasteiger charge is -2.11. The fourth-order valence-corrected chi connectivity index (χ4v) is 1.98. The highest BCUT2D eigenvalue weighted by Crippen LogP contribution is 2.33. The highest BCUT2D eigenvalue weighted by molar-refractivity contribution is 6.00. The van der Waals surface area contributed by atoms with Crippen LogP contribution in [0.5, 0.6) is 11.5 Å². The Hall–Kier alpha value is -2.50. The molecule has 0 saturated carbocycles. The number of methoxy groups -OCH3 is 2. The molecule has 2 N–H and O–H groups in total. The number of H-pyrrole nitrogens is 1. The van der Waals surface area contributed by atoms with Gasteiger partial charge in [-0.1, -0.05) is 6.07 Å². The molecule has 19 heavy (non-hydrogen) atoms. The minimum Gasteiger partial charge on any atom is -0.506 e. The molecule has 0 saturated heterocycles. The van der Waals surface area contributed by atoms with Crippen molar-refractivity contribution < 1.29 is 19.4 Å². The van der Waals surface area contributed by atoms with Gasteiger partial charge in [0.05, 0.1) is 19.7 Å². The fourth-order valence-electron chi connectivity index (χ4n) is 1.98. The SMILES string of the molecule is COC(=O)c1c(O)c2ccc(C)c(OC)c2[nH]c1=O. The molecule has 1 heterocycles. The van der Waals surface area contributed by atoms with E-state index in [1.807, 2.05) is 6.92 Å². The van der Waals surface area contributed by atoms with E-state index in [1.54, 1.807) is 12.1 Å². The lowest BCUT2D eigenvalue weighted by atomic mass is 10.1. The van der Waals surface area contributed by atoms with Crippen LogP contribution in [0.4, 0.5) is 0 Å². The molecule has 1 aromatic heterocycles. The summed E-state index contributed by atoms with van der Waals surface area (Å²) in [5, 5.41) is 10.4. The van der Waals surface area contributed by atoms with Crippen molar-refractivity contribution in [1.82, 2.24) is 4.98 Å². The number of aryl methyl sites for hydroxylation is 1. The Balaban J connectivity index is 2.92. The van der Waals surface area contributed by atoms with Crippen LogP contribution in [-0.2, 0) is 4.74 Å². The number of carbonyl (C=O) groups is 1. The monoisotopic (exact) mass is 263 g/mol. The number of aromatic nitrogens is 1. The van der Waals surface area contributed by atoms with E-state index >= 15 is 0 Å². The number of benzene rings is 1. The molecule has 0 fully saturated rings. The fraction of sp³-hybridized carbons (Fsp3) is 0.231. The van der Waals surface area contributed by atoms with Gasteiger partial charge in [0.2, 0.25) is 0 Å². The van der Waals surface area contributed by atoms with Crippen molar-refractivity contribution in [3.8, 4) is 11.5 Å². The zero-order valence-corrected chi connectivity index (χ0v) is 10.7. The van der Waals surface area contributed by atoms with Crippen LogP contribution in [0, 0.1) is 6.92 Å². The lowest BCUT2D eigenvalue weighted by molar-refractivity contribution is 0.0595. The second kappa shape index (κ2) is 4.64. The van der Waals surface area contributed by atoms with Crippen molar-refractivity contribution in [2.45, 2.75) is 6.92 Å². The second-order valence-electron chi connectivity index (χ2n) is 4.01. The molecule has 0 amide bonds. The first-order valence-electron chi connectivity index (χ1n) is 5.52. The maximum atomic E-state index is 11.9. The van der Waals surface area contributed by atoms with Gasteiger partial charge < -0.3 is 19.6 Å². The minimum absolute atomic E-state index is 0.322. The van der Waals surface area contributed by atoms with E-state index in [0.717, 1.165) is 12.7 Å². The van der Waals surface area contributed by atoms with E-state index in [-0.39, 0.29) is 0 Å². The maximum Gasteiger partial charge on any atom is 0.347 e. The summed E-state index contributed by atoms with van der Waals surface area (Å²) in [7, 11) is 2.60. The van der Waals surface area contributed by atoms with Gasteiger partial charge in [0.1, 0.15) is 11.5 Å². The molecule has 2 rings (SSSR count). The summed E-state index contributed by atoms with van der Waals surface area (Å²) in [4.78, 5) is 25.9. The molecule has 0 bridgehead atoms. The molecule has 0 aliphatic carbocycles. The Morgan fingerprint density at radius 2 is 2.00 bits per heavy atom. The van der Waals surface area contributed by atoms with E-state index in [1.165, 1.54) is 7.11 Å². The van der Waals surface area contributed by atoms with Crippen molar-refractivity contribution in [2.24, 2.45) is 0 Å². The van der Waals surface area contributed by atoms with Gasteiger partial charge in [-0.3, -0.25) is 4.79 Å². The number of aromatic hydroxyl groups is 1. The van der Waals surface area contributed by atoms with Crippen molar-refractivity contribution in [1.29, 1.82) is 0 Å². The average molecular weight is 263 g/mol. The number of hydrogen-bond donors (Lipinski definition) is 2. The zero-order chi connectivity index (χ0) is 14.2. The first-order valence-corrected chi connectivity index (χ1v) is 5.52. The van der Waals surface area contributed by atoms with Crippen LogP contribution in [0.25, 0.3) is 10.9 Å². The predicted octanol–water partition coefficient (Wildman–Crippen LogP) is 1.34. The topological polar surface area (TPSA) is 88.6 Å². The molecule has 0 aliphatic heterocycles. The van der Waals surface area contributed by atoms with E-state index in [9.17, 15) is 14.7 Å². The van der Waals surface area contributed by atoms with Crippen LogP contribution in [0.15, 0.2) is 16.9 Å². The Labute approximate surface area is 108 Å². The highest BCUT2D eigenvalue weighted by atomic mass is 16.5. The van der Waals surface area contributed by atoms with Crippen molar-refractivity contribution in [3.63, 3.8) is 0 Å². The number of hydrogen-bond acceptors (Lipinski definition) is 5. The number of esters is 1. The van der Waals surface area contributed by atoms with Gasteiger partial charge in [-0.15, -0.1) is 0 Å². The third-order valence-electron chi connectivity index (χ3n) is 2.91. The van der Waals surface area contributed by atoms with Crippen LogP contribution in [0.1, 0.15) is 15.9 Å². The van der Waals surface area contributed by atoms with Gasteiger partial charge in [0.15, 0.2) is 5.56 Å². The van der Waals surface area contributed by atoms with Gasteiger partial charge >= 0.3 is 5.97 Å². The quantitative estimate of drug-likeness (QED) is 0.798. The second-order valence-corrected chi connectivity index (χ2v) is 4.01. The van der Waals surface area contributed by atoms with Crippen LogP contribution in [-0.4, -0.2) is 30.3 Å². The van der Waals surface area contributed by atoms with Gasteiger partial charge in [0, 0.05) is 5.39 Å². The maximum absolute atomic E-state index is 11.9. The van der Waals surface area contributed by atoms with E-state index < -0.39 is 22.8 Å². The number of aromatic amines is 1. The number of fused-ring (bicyclic) bond motifs is 1. The Kier molecular flexibility index (Phi) is 3.16. The van der Waals surface area contributed by atoms with Gasteiger partial charge in [-0.2, -0.15) is 0 Å². The average Bonchev–Trinajstić information content (AvgIpc) is 2.38. The smallest absolute Gasteiger partial charge is 0.347 e. The summed E-state index contributed by atoms with van der Waals surface area (Å²) in [5.41, 5.74) is 0.00942. The summed E-state index contributed by atoms with van der Waals surface area (Å²) in [6, 6.07) is 3.32. The van der Waals surface area contributed by atoms with Crippen LogP contribution in [0.3, 0.4) is 0 Å². The van der Waals surface area contributed by atoms with Gasteiger partial charge in [0.25, 0.3) is 5.56 Å². The molecule has 0 atom stereocenters. The zero-order valence-electron chi connectivity index (χ0n) is 10.7. The number of ether oxygens (including phenoxy) is 2. The molecule has 1 aromatic carbocycles. The normalized spacial score (nSPS) is 10.5. The standard InChI is InChI=1S/C13H13NO5/c1-6-4-5-7-9(11(6)18-2)14-12(16)8(10(7)15)13(17)19-3/h4-5H,1-3H3,(H2,14,15,16). The summed E-state index contributed by atoms with van der Waals surface area (Å²) in [5.74, 6) is -0.856. The molecule has 0 radical (unpaired) electrons. The largest absolute Gasteiger partial charge is 0.506 e. The summed E-state index contributed by atoms with van der Waals surface area (Å²) >= 11 is 0.